The number of fused-ring (bicyclic) bond motifs is 2. The molecular formula is C36H54N6. The predicted molar refractivity (Wildman–Crippen MR) is 174 cm³/mol. The van der Waals surface area contributed by atoms with Gasteiger partial charge in [-0.05, 0) is 113 Å². The fourth-order valence-corrected chi connectivity index (χ4v) is 8.26. The number of nitriles is 1. The van der Waals surface area contributed by atoms with Crippen LogP contribution in [0.25, 0.3) is 0 Å². The quantitative estimate of drug-likeness (QED) is 0.196. The predicted octanol–water partition coefficient (Wildman–Crippen LogP) is 7.68. The van der Waals surface area contributed by atoms with Crippen LogP contribution in [0.5, 0.6) is 0 Å². The van der Waals surface area contributed by atoms with Gasteiger partial charge in [0.15, 0.2) is 0 Å². The molecule has 6 heteroatoms. The molecule has 2 aliphatic heterocycles. The molecule has 0 saturated carbocycles. The lowest BCUT2D eigenvalue weighted by molar-refractivity contribution is 0.181. The van der Waals surface area contributed by atoms with Crippen LogP contribution >= 0.6 is 0 Å². The van der Waals surface area contributed by atoms with Gasteiger partial charge >= 0.3 is 0 Å². The Morgan fingerprint density at radius 2 is 1.88 bits per heavy atom. The van der Waals surface area contributed by atoms with E-state index in [0.717, 1.165) is 57.4 Å². The topological polar surface area (TPSA) is 82.1 Å². The maximum Gasteiger partial charge on any atom is 0.135 e. The van der Waals surface area contributed by atoms with Crippen LogP contribution in [0.4, 0.5) is 11.5 Å². The van der Waals surface area contributed by atoms with E-state index in [1.165, 1.54) is 92.7 Å². The molecule has 1 aliphatic carbocycles. The summed E-state index contributed by atoms with van der Waals surface area (Å²) in [5.41, 5.74) is 13.1. The third-order valence-electron chi connectivity index (χ3n) is 10.7. The fourth-order valence-electron chi connectivity index (χ4n) is 8.26. The van der Waals surface area contributed by atoms with Gasteiger partial charge in [0, 0.05) is 36.3 Å². The molecule has 0 bridgehead atoms. The Kier molecular flexibility index (Phi) is 10.1. The summed E-state index contributed by atoms with van der Waals surface area (Å²) >= 11 is 0. The Morgan fingerprint density at radius 1 is 1.10 bits per heavy atom. The average molecular weight is 571 g/mol. The minimum atomic E-state index is 0.258. The van der Waals surface area contributed by atoms with Gasteiger partial charge in [-0.1, -0.05) is 46.6 Å². The number of nitrogen functional groups attached to an aromatic ring is 1. The van der Waals surface area contributed by atoms with Gasteiger partial charge in [0.25, 0.3) is 0 Å². The van der Waals surface area contributed by atoms with Crippen LogP contribution in [-0.4, -0.2) is 46.6 Å². The summed E-state index contributed by atoms with van der Waals surface area (Å²) in [6.45, 7) is 13.7. The highest BCUT2D eigenvalue weighted by atomic mass is 15.2. The second-order valence-electron chi connectivity index (χ2n) is 13.4. The number of benzene rings is 1. The van der Waals surface area contributed by atoms with Gasteiger partial charge in [0.05, 0.1) is 11.3 Å². The van der Waals surface area contributed by atoms with Crippen LogP contribution in [0.15, 0.2) is 12.1 Å². The molecule has 5 rings (SSSR count). The minimum Gasteiger partial charge on any atom is -0.398 e. The average Bonchev–Trinajstić information content (AvgIpc) is 3.59. The zero-order chi connectivity index (χ0) is 29.7. The molecule has 0 amide bonds. The Labute approximate surface area is 255 Å². The minimum absolute atomic E-state index is 0.258. The molecule has 2 aromatic rings. The standard InChI is InChI=1S/C36H54N6/c1-5-8-9-21-41(20-6-2)35-29-13-12-27(34-28(26(4)7-3)14-15-31(38)30(34)25-37)24-32(29)39-33(40-35)16-19-36-17-10-22-42(36)23-11-18-36/h14-15,26-27H,5-13,16-24,38H2,1-4H3/t26-,27?/m0/s1. The number of hydrogen-bond acceptors (Lipinski definition) is 6. The highest BCUT2D eigenvalue weighted by molar-refractivity contribution is 5.63. The maximum atomic E-state index is 10.2. The van der Waals surface area contributed by atoms with Crippen molar-refractivity contribution in [2.75, 3.05) is 36.8 Å². The summed E-state index contributed by atoms with van der Waals surface area (Å²) in [5.74, 6) is 2.89. The van der Waals surface area contributed by atoms with E-state index in [0.29, 0.717) is 22.7 Å². The van der Waals surface area contributed by atoms with Crippen LogP contribution in [0, 0.1) is 11.3 Å². The number of anilines is 2. The summed E-state index contributed by atoms with van der Waals surface area (Å²) in [6, 6.07) is 6.61. The number of rotatable bonds is 13. The second-order valence-corrected chi connectivity index (χ2v) is 13.4. The summed E-state index contributed by atoms with van der Waals surface area (Å²) in [7, 11) is 0. The van der Waals surface area contributed by atoms with Gasteiger partial charge in [-0.15, -0.1) is 0 Å². The van der Waals surface area contributed by atoms with E-state index < -0.39 is 0 Å². The second kappa shape index (κ2) is 13.8. The number of aryl methyl sites for hydroxylation is 1. The fraction of sp³-hybridized carbons (Fsp3) is 0.694. The summed E-state index contributed by atoms with van der Waals surface area (Å²) in [6.07, 6.45) is 16.1. The highest BCUT2D eigenvalue weighted by Gasteiger charge is 2.43. The molecule has 2 saturated heterocycles. The molecule has 0 radical (unpaired) electrons. The SMILES string of the molecule is CCCCCN(CCC)c1nc(CCC23CCCN2CCC3)nc2c1CCC(c1c([C@@H](C)CC)ccc(N)c1C#N)C2. The molecule has 1 aromatic carbocycles. The zero-order valence-electron chi connectivity index (χ0n) is 26.9. The first-order valence-electron chi connectivity index (χ1n) is 17.2. The van der Waals surface area contributed by atoms with E-state index >= 15 is 0 Å². The van der Waals surface area contributed by atoms with Crippen LogP contribution in [0.1, 0.15) is 144 Å². The first kappa shape index (κ1) is 30.8. The zero-order valence-corrected chi connectivity index (χ0v) is 26.9. The molecule has 42 heavy (non-hydrogen) atoms. The third-order valence-corrected chi connectivity index (χ3v) is 10.7. The van der Waals surface area contributed by atoms with E-state index in [1.807, 2.05) is 6.07 Å². The molecule has 0 spiro atoms. The lowest BCUT2D eigenvalue weighted by atomic mass is 9.76. The summed E-state index contributed by atoms with van der Waals surface area (Å²) in [5, 5.41) is 10.2. The van der Waals surface area contributed by atoms with Crippen molar-refractivity contribution in [2.45, 2.75) is 135 Å². The summed E-state index contributed by atoms with van der Waals surface area (Å²) in [4.78, 5) is 16.1. The van der Waals surface area contributed by atoms with E-state index in [-0.39, 0.29) is 5.92 Å². The monoisotopic (exact) mass is 570 g/mol. The van der Waals surface area contributed by atoms with E-state index in [1.54, 1.807) is 0 Å². The Bertz CT molecular complexity index is 1250. The lowest BCUT2D eigenvalue weighted by Gasteiger charge is -2.34. The van der Waals surface area contributed by atoms with Crippen LogP contribution in [-0.2, 0) is 19.3 Å². The van der Waals surface area contributed by atoms with Gasteiger partial charge in [0.2, 0.25) is 0 Å². The Hall–Kier alpha value is -2.65. The van der Waals surface area contributed by atoms with E-state index in [9.17, 15) is 5.26 Å². The van der Waals surface area contributed by atoms with Gasteiger partial charge in [0.1, 0.15) is 17.7 Å². The van der Waals surface area contributed by atoms with Crippen molar-refractivity contribution in [1.29, 1.82) is 5.26 Å². The first-order chi connectivity index (χ1) is 20.4. The molecule has 2 N–H and O–H groups in total. The van der Waals surface area contributed by atoms with Crippen LogP contribution in [0.3, 0.4) is 0 Å². The highest BCUT2D eigenvalue weighted by Crippen LogP contribution is 2.44. The molecule has 2 fully saturated rings. The number of nitrogens with two attached hydrogens (primary N) is 1. The first-order valence-corrected chi connectivity index (χ1v) is 17.2. The van der Waals surface area contributed by atoms with E-state index in [4.69, 9.17) is 15.7 Å². The van der Waals surface area contributed by atoms with Gasteiger partial charge in [-0.2, -0.15) is 5.26 Å². The largest absolute Gasteiger partial charge is 0.398 e. The molecule has 6 nitrogen and oxygen atoms in total. The smallest absolute Gasteiger partial charge is 0.135 e. The third kappa shape index (κ3) is 6.18. The number of aromatic nitrogens is 2. The van der Waals surface area contributed by atoms with Crippen molar-refractivity contribution < 1.29 is 0 Å². The molecule has 3 heterocycles. The Morgan fingerprint density at radius 3 is 2.57 bits per heavy atom. The van der Waals surface area contributed by atoms with Crippen molar-refractivity contribution in [3.05, 3.63) is 45.9 Å². The van der Waals surface area contributed by atoms with E-state index in [2.05, 4.69) is 49.6 Å². The molecule has 2 atom stereocenters. The van der Waals surface area contributed by atoms with Crippen molar-refractivity contribution in [3.63, 3.8) is 0 Å². The normalized spacial score (nSPS) is 20.2. The van der Waals surface area contributed by atoms with Crippen molar-refractivity contribution in [3.8, 4) is 6.07 Å². The maximum absolute atomic E-state index is 10.2. The van der Waals surface area contributed by atoms with Gasteiger partial charge in [-0.3, -0.25) is 4.90 Å². The molecule has 228 valence electrons. The Balaban J connectivity index is 1.52. The van der Waals surface area contributed by atoms with Crippen LogP contribution in [0.2, 0.25) is 0 Å². The van der Waals surface area contributed by atoms with Crippen LogP contribution < -0.4 is 10.6 Å². The van der Waals surface area contributed by atoms with Gasteiger partial charge in [-0.25, -0.2) is 9.97 Å². The lowest BCUT2D eigenvalue weighted by Crippen LogP contribution is -2.38. The molecule has 1 unspecified atom stereocenters. The summed E-state index contributed by atoms with van der Waals surface area (Å²) < 4.78 is 0. The van der Waals surface area contributed by atoms with Gasteiger partial charge < -0.3 is 10.6 Å². The number of hydrogen-bond donors (Lipinski definition) is 1. The molecular weight excluding hydrogens is 516 g/mol. The van der Waals surface area contributed by atoms with Crippen molar-refractivity contribution >= 4 is 11.5 Å². The van der Waals surface area contributed by atoms with Crippen molar-refractivity contribution in [1.82, 2.24) is 14.9 Å². The number of unbranched alkanes of at least 4 members (excludes halogenated alkanes) is 2. The molecule has 1 aromatic heterocycles. The number of nitrogens with zero attached hydrogens (tertiary/aromatic N) is 5. The molecule has 3 aliphatic rings. The van der Waals surface area contributed by atoms with Crippen molar-refractivity contribution in [2.24, 2.45) is 0 Å².